The smallest absolute Gasteiger partial charge is 0.322 e. The summed E-state index contributed by atoms with van der Waals surface area (Å²) in [6.45, 7) is -0.342. The second kappa shape index (κ2) is 7.00. The number of ether oxygens (including phenoxy) is 1. The van der Waals surface area contributed by atoms with Crippen molar-refractivity contribution in [1.82, 2.24) is 5.32 Å². The third-order valence-electron chi connectivity index (χ3n) is 2.29. The molecule has 0 aliphatic carbocycles. The summed E-state index contributed by atoms with van der Waals surface area (Å²) in [5.74, 6) is -0.589. The van der Waals surface area contributed by atoms with Crippen molar-refractivity contribution in [3.05, 3.63) is 28.2 Å². The topological polar surface area (TPSA) is 75.6 Å². The molecule has 0 heterocycles. The van der Waals surface area contributed by atoms with Crippen LogP contribution in [-0.4, -0.2) is 30.6 Å². The number of methoxy groups -OCH3 is 1. The predicted molar refractivity (Wildman–Crippen MR) is 69.7 cm³/mol. The molecule has 0 bridgehead atoms. The Morgan fingerprint density at radius 3 is 2.72 bits per heavy atom. The molecule has 0 spiro atoms. The van der Waals surface area contributed by atoms with Gasteiger partial charge in [-0.1, -0.05) is 6.07 Å². The van der Waals surface area contributed by atoms with Crippen LogP contribution in [0.4, 0.5) is 0 Å². The van der Waals surface area contributed by atoms with Gasteiger partial charge in [-0.25, -0.2) is 0 Å². The fourth-order valence-electron chi connectivity index (χ4n) is 1.39. The summed E-state index contributed by atoms with van der Waals surface area (Å²) in [5.41, 5.74) is 0.980. The van der Waals surface area contributed by atoms with Gasteiger partial charge in [-0.3, -0.25) is 9.59 Å². The van der Waals surface area contributed by atoms with Crippen LogP contribution in [0.15, 0.2) is 22.7 Å². The maximum absolute atomic E-state index is 11.3. The van der Waals surface area contributed by atoms with E-state index in [-0.39, 0.29) is 18.9 Å². The highest BCUT2D eigenvalue weighted by molar-refractivity contribution is 9.10. The van der Waals surface area contributed by atoms with Crippen LogP contribution in [-0.2, 0) is 16.0 Å². The highest BCUT2D eigenvalue weighted by Gasteiger charge is 2.06. The molecule has 1 aromatic carbocycles. The predicted octanol–water partition coefficient (Wildman–Crippen LogP) is 1.59. The SMILES string of the molecule is COc1ccc(CCC(=O)NCC(=O)O)cc1Br. The zero-order chi connectivity index (χ0) is 13.5. The lowest BCUT2D eigenvalue weighted by Gasteiger charge is -2.06. The Hall–Kier alpha value is -1.56. The lowest BCUT2D eigenvalue weighted by Crippen LogP contribution is -2.29. The van der Waals surface area contributed by atoms with Gasteiger partial charge >= 0.3 is 5.97 Å². The molecule has 0 aromatic heterocycles. The van der Waals surface area contributed by atoms with Crippen molar-refractivity contribution in [2.45, 2.75) is 12.8 Å². The van der Waals surface area contributed by atoms with Gasteiger partial charge in [0.1, 0.15) is 12.3 Å². The summed E-state index contributed by atoms with van der Waals surface area (Å²) < 4.78 is 5.93. The summed E-state index contributed by atoms with van der Waals surface area (Å²) in [7, 11) is 1.58. The fraction of sp³-hybridized carbons (Fsp3) is 0.333. The van der Waals surface area contributed by atoms with E-state index in [1.54, 1.807) is 7.11 Å². The van der Waals surface area contributed by atoms with Gasteiger partial charge in [0.15, 0.2) is 0 Å². The molecular weight excluding hydrogens is 302 g/mol. The number of carboxylic acid groups (broad SMARTS) is 1. The molecule has 0 aliphatic rings. The van der Waals surface area contributed by atoms with Crippen molar-refractivity contribution in [3.8, 4) is 5.75 Å². The third-order valence-corrected chi connectivity index (χ3v) is 2.91. The molecule has 5 nitrogen and oxygen atoms in total. The number of carboxylic acids is 1. The molecule has 0 saturated carbocycles. The Balaban J connectivity index is 2.46. The molecule has 18 heavy (non-hydrogen) atoms. The van der Waals surface area contributed by atoms with E-state index < -0.39 is 5.97 Å². The number of rotatable bonds is 6. The van der Waals surface area contributed by atoms with Gasteiger partial charge in [0.2, 0.25) is 5.91 Å². The van der Waals surface area contributed by atoms with Crippen LogP contribution in [0.25, 0.3) is 0 Å². The van der Waals surface area contributed by atoms with Crippen LogP contribution in [0.3, 0.4) is 0 Å². The van der Waals surface area contributed by atoms with Crippen molar-refractivity contribution in [2.75, 3.05) is 13.7 Å². The van der Waals surface area contributed by atoms with Gasteiger partial charge in [0, 0.05) is 6.42 Å². The van der Waals surface area contributed by atoms with Crippen LogP contribution in [0.5, 0.6) is 5.75 Å². The van der Waals surface area contributed by atoms with Crippen molar-refractivity contribution in [2.24, 2.45) is 0 Å². The zero-order valence-corrected chi connectivity index (χ0v) is 11.5. The van der Waals surface area contributed by atoms with E-state index in [0.717, 1.165) is 15.8 Å². The normalized spacial score (nSPS) is 9.89. The average molecular weight is 316 g/mol. The van der Waals surface area contributed by atoms with Crippen LogP contribution in [0.1, 0.15) is 12.0 Å². The molecule has 0 atom stereocenters. The van der Waals surface area contributed by atoms with E-state index in [4.69, 9.17) is 9.84 Å². The van der Waals surface area contributed by atoms with Crippen LogP contribution in [0.2, 0.25) is 0 Å². The number of halogens is 1. The Morgan fingerprint density at radius 2 is 2.17 bits per heavy atom. The highest BCUT2D eigenvalue weighted by atomic mass is 79.9. The largest absolute Gasteiger partial charge is 0.496 e. The summed E-state index contributed by atoms with van der Waals surface area (Å²) in [4.78, 5) is 21.6. The minimum atomic E-state index is -1.05. The number of aliphatic carboxylic acids is 1. The number of benzene rings is 1. The Labute approximate surface area is 113 Å². The maximum atomic E-state index is 11.3. The molecule has 1 rings (SSSR count). The van der Waals surface area contributed by atoms with Crippen LogP contribution in [0, 0.1) is 0 Å². The molecular formula is C12H14BrNO4. The lowest BCUT2D eigenvalue weighted by molar-refractivity contribution is -0.137. The molecule has 98 valence electrons. The summed E-state index contributed by atoms with van der Waals surface area (Å²) in [5, 5.41) is 10.7. The molecule has 6 heteroatoms. The van der Waals surface area contributed by atoms with Crippen molar-refractivity contribution >= 4 is 27.8 Å². The Morgan fingerprint density at radius 1 is 1.44 bits per heavy atom. The Kier molecular flexibility index (Phi) is 5.64. The van der Waals surface area contributed by atoms with Crippen molar-refractivity contribution < 1.29 is 19.4 Å². The molecule has 0 radical (unpaired) electrons. The number of hydrogen-bond donors (Lipinski definition) is 2. The van der Waals surface area contributed by atoms with Gasteiger partial charge < -0.3 is 15.2 Å². The van der Waals surface area contributed by atoms with Gasteiger partial charge in [0.25, 0.3) is 0 Å². The molecule has 0 fully saturated rings. The van der Waals surface area contributed by atoms with E-state index in [9.17, 15) is 9.59 Å². The number of carbonyl (C=O) groups excluding carboxylic acids is 1. The minimum absolute atomic E-state index is 0.256. The number of nitrogens with one attached hydrogen (secondary N) is 1. The van der Waals surface area contributed by atoms with Crippen LogP contribution < -0.4 is 10.1 Å². The standard InChI is InChI=1S/C12H14BrNO4/c1-18-10-4-2-8(6-9(10)13)3-5-11(15)14-7-12(16)17/h2,4,6H,3,5,7H2,1H3,(H,14,15)(H,16,17). The van der Waals surface area contributed by atoms with Gasteiger partial charge in [0.05, 0.1) is 11.6 Å². The fourth-order valence-corrected chi connectivity index (χ4v) is 1.97. The summed E-state index contributed by atoms with van der Waals surface area (Å²) in [6, 6.07) is 5.56. The summed E-state index contributed by atoms with van der Waals surface area (Å²) >= 11 is 3.36. The second-order valence-corrected chi connectivity index (χ2v) is 4.49. The first-order chi connectivity index (χ1) is 8.52. The Bertz CT molecular complexity index is 448. The molecule has 0 aliphatic heterocycles. The molecule has 2 N–H and O–H groups in total. The van der Waals surface area contributed by atoms with E-state index >= 15 is 0 Å². The average Bonchev–Trinajstić information content (AvgIpc) is 2.34. The monoisotopic (exact) mass is 315 g/mol. The molecule has 1 aromatic rings. The first kappa shape index (κ1) is 14.5. The second-order valence-electron chi connectivity index (χ2n) is 3.64. The van der Waals surface area contributed by atoms with E-state index in [1.807, 2.05) is 18.2 Å². The number of carbonyl (C=O) groups is 2. The van der Waals surface area contributed by atoms with Gasteiger partial charge in [-0.05, 0) is 40.0 Å². The molecule has 1 amide bonds. The van der Waals surface area contributed by atoms with Crippen molar-refractivity contribution in [1.29, 1.82) is 0 Å². The molecule has 0 unspecified atom stereocenters. The van der Waals surface area contributed by atoms with E-state index in [0.29, 0.717) is 6.42 Å². The van der Waals surface area contributed by atoms with Gasteiger partial charge in [-0.2, -0.15) is 0 Å². The van der Waals surface area contributed by atoms with E-state index in [2.05, 4.69) is 21.2 Å². The zero-order valence-electron chi connectivity index (χ0n) is 9.90. The van der Waals surface area contributed by atoms with Gasteiger partial charge in [-0.15, -0.1) is 0 Å². The minimum Gasteiger partial charge on any atom is -0.496 e. The quantitative estimate of drug-likeness (QED) is 0.836. The molecule has 0 saturated heterocycles. The first-order valence-electron chi connectivity index (χ1n) is 5.34. The van der Waals surface area contributed by atoms with Crippen molar-refractivity contribution in [3.63, 3.8) is 0 Å². The maximum Gasteiger partial charge on any atom is 0.322 e. The number of aryl methyl sites for hydroxylation is 1. The first-order valence-corrected chi connectivity index (χ1v) is 6.13. The van der Waals surface area contributed by atoms with E-state index in [1.165, 1.54) is 0 Å². The number of amides is 1. The summed E-state index contributed by atoms with van der Waals surface area (Å²) in [6.07, 6.45) is 0.806. The number of hydrogen-bond acceptors (Lipinski definition) is 3. The van der Waals surface area contributed by atoms with Crippen LogP contribution >= 0.6 is 15.9 Å². The third kappa shape index (κ3) is 4.75. The highest BCUT2D eigenvalue weighted by Crippen LogP contribution is 2.25. The lowest BCUT2D eigenvalue weighted by atomic mass is 10.1.